The standard InChI is InChI=1S/C16H17F2NO3/c1-10(16(21)22)9-19-6-4-11(5-7-19)15(20)13-8-12(17)2-3-14(13)18/h2-3,8,11H,1,4-7,9H2,(H,21,22). The highest BCUT2D eigenvalue weighted by Gasteiger charge is 2.28. The molecule has 1 heterocycles. The van der Waals surface area contributed by atoms with E-state index < -0.39 is 23.4 Å². The largest absolute Gasteiger partial charge is 0.478 e. The zero-order valence-electron chi connectivity index (χ0n) is 12.0. The number of carboxylic acid groups (broad SMARTS) is 1. The average molecular weight is 309 g/mol. The maximum atomic E-state index is 13.6. The number of Topliss-reactive ketones (excluding diaryl/α,β-unsaturated/α-hetero) is 1. The molecule has 1 aliphatic rings. The summed E-state index contributed by atoms with van der Waals surface area (Å²) in [6.45, 7) is 4.77. The molecule has 0 radical (unpaired) electrons. The molecular formula is C16H17F2NO3. The number of carbonyl (C=O) groups excluding carboxylic acids is 1. The number of piperidine rings is 1. The van der Waals surface area contributed by atoms with Gasteiger partial charge in [0, 0.05) is 18.0 Å². The minimum Gasteiger partial charge on any atom is -0.478 e. The van der Waals surface area contributed by atoms with Crippen LogP contribution in [0.3, 0.4) is 0 Å². The monoisotopic (exact) mass is 309 g/mol. The lowest BCUT2D eigenvalue weighted by molar-refractivity contribution is -0.132. The summed E-state index contributed by atoms with van der Waals surface area (Å²) in [6.07, 6.45) is 0.976. The van der Waals surface area contributed by atoms with Gasteiger partial charge in [-0.05, 0) is 44.1 Å². The summed E-state index contributed by atoms with van der Waals surface area (Å²) in [7, 11) is 0. The zero-order chi connectivity index (χ0) is 16.3. The molecule has 2 rings (SSSR count). The van der Waals surface area contributed by atoms with Gasteiger partial charge in [-0.15, -0.1) is 0 Å². The number of carbonyl (C=O) groups is 2. The first-order valence-electron chi connectivity index (χ1n) is 7.01. The molecule has 1 aromatic rings. The quantitative estimate of drug-likeness (QED) is 0.671. The first kappa shape index (κ1) is 16.3. The van der Waals surface area contributed by atoms with Crippen LogP contribution in [0.15, 0.2) is 30.4 Å². The van der Waals surface area contributed by atoms with Crippen molar-refractivity contribution in [1.29, 1.82) is 0 Å². The molecule has 4 nitrogen and oxygen atoms in total. The third kappa shape index (κ3) is 3.76. The fourth-order valence-corrected chi connectivity index (χ4v) is 2.60. The second kappa shape index (κ2) is 6.79. The van der Waals surface area contributed by atoms with Crippen molar-refractivity contribution in [2.75, 3.05) is 19.6 Å². The molecule has 0 saturated carbocycles. The van der Waals surface area contributed by atoms with Gasteiger partial charge in [-0.3, -0.25) is 9.69 Å². The Morgan fingerprint density at radius 3 is 2.50 bits per heavy atom. The molecule has 0 unspecified atom stereocenters. The third-order valence-corrected chi connectivity index (χ3v) is 3.87. The summed E-state index contributed by atoms with van der Waals surface area (Å²) in [5, 5.41) is 8.80. The van der Waals surface area contributed by atoms with Crippen molar-refractivity contribution in [2.24, 2.45) is 5.92 Å². The maximum Gasteiger partial charge on any atom is 0.332 e. The van der Waals surface area contributed by atoms with Crippen LogP contribution in [0.5, 0.6) is 0 Å². The molecule has 22 heavy (non-hydrogen) atoms. The van der Waals surface area contributed by atoms with E-state index in [1.807, 2.05) is 4.90 Å². The molecule has 0 bridgehead atoms. The number of likely N-dealkylation sites (tertiary alicyclic amines) is 1. The highest BCUT2D eigenvalue weighted by atomic mass is 19.1. The van der Waals surface area contributed by atoms with Crippen LogP contribution in [0.1, 0.15) is 23.2 Å². The van der Waals surface area contributed by atoms with Crippen molar-refractivity contribution in [3.05, 3.63) is 47.5 Å². The predicted octanol–water partition coefficient (Wildman–Crippen LogP) is 2.50. The van der Waals surface area contributed by atoms with Gasteiger partial charge in [0.15, 0.2) is 5.78 Å². The number of rotatable bonds is 5. The van der Waals surface area contributed by atoms with Crippen LogP contribution in [-0.2, 0) is 4.79 Å². The molecule has 1 fully saturated rings. The topological polar surface area (TPSA) is 57.6 Å². The van der Waals surface area contributed by atoms with Crippen LogP contribution in [0.25, 0.3) is 0 Å². The first-order chi connectivity index (χ1) is 10.4. The first-order valence-corrected chi connectivity index (χ1v) is 7.01. The van der Waals surface area contributed by atoms with Crippen LogP contribution < -0.4 is 0 Å². The summed E-state index contributed by atoms with van der Waals surface area (Å²) in [6, 6.07) is 2.86. The number of ketones is 1. The Bertz CT molecular complexity index is 607. The molecule has 0 amide bonds. The van der Waals surface area contributed by atoms with Crippen molar-refractivity contribution < 1.29 is 23.5 Å². The smallest absolute Gasteiger partial charge is 0.332 e. The van der Waals surface area contributed by atoms with Crippen LogP contribution in [0, 0.1) is 17.6 Å². The highest BCUT2D eigenvalue weighted by molar-refractivity contribution is 5.98. The summed E-state index contributed by atoms with van der Waals surface area (Å²) in [5.74, 6) is -3.16. The Morgan fingerprint density at radius 1 is 1.27 bits per heavy atom. The van der Waals surface area contributed by atoms with Crippen LogP contribution in [-0.4, -0.2) is 41.4 Å². The normalized spacial score (nSPS) is 16.5. The number of nitrogens with zero attached hydrogens (tertiary/aromatic N) is 1. The highest BCUT2D eigenvalue weighted by Crippen LogP contribution is 2.24. The molecular weight excluding hydrogens is 292 g/mol. The van der Waals surface area contributed by atoms with Gasteiger partial charge in [0.1, 0.15) is 11.6 Å². The van der Waals surface area contributed by atoms with Crippen molar-refractivity contribution >= 4 is 11.8 Å². The summed E-state index contributed by atoms with van der Waals surface area (Å²) in [5.41, 5.74) is -0.116. The van der Waals surface area contributed by atoms with Gasteiger partial charge in [0.25, 0.3) is 0 Å². The Labute approximate surface area is 127 Å². The summed E-state index contributed by atoms with van der Waals surface area (Å²) >= 11 is 0. The zero-order valence-corrected chi connectivity index (χ0v) is 12.0. The van der Waals surface area contributed by atoms with E-state index in [0.29, 0.717) is 25.9 Å². The molecule has 0 aromatic heterocycles. The van der Waals surface area contributed by atoms with E-state index in [0.717, 1.165) is 18.2 Å². The number of benzene rings is 1. The summed E-state index contributed by atoms with van der Waals surface area (Å²) < 4.78 is 26.8. The molecule has 6 heteroatoms. The van der Waals surface area contributed by atoms with E-state index in [9.17, 15) is 18.4 Å². The SMILES string of the molecule is C=C(CN1CCC(C(=O)c2cc(F)ccc2F)CC1)C(=O)O. The number of carboxylic acids is 1. The minimum absolute atomic E-state index is 0.0981. The van der Waals surface area contributed by atoms with Gasteiger partial charge in [-0.25, -0.2) is 13.6 Å². The van der Waals surface area contributed by atoms with E-state index in [2.05, 4.69) is 6.58 Å². The Morgan fingerprint density at radius 2 is 1.91 bits per heavy atom. The van der Waals surface area contributed by atoms with Gasteiger partial charge < -0.3 is 5.11 Å². The van der Waals surface area contributed by atoms with Crippen LogP contribution in [0.2, 0.25) is 0 Å². The van der Waals surface area contributed by atoms with Crippen LogP contribution >= 0.6 is 0 Å². The fourth-order valence-electron chi connectivity index (χ4n) is 2.60. The second-order valence-electron chi connectivity index (χ2n) is 5.45. The number of halogens is 2. The fraction of sp³-hybridized carbons (Fsp3) is 0.375. The molecule has 118 valence electrons. The molecule has 1 saturated heterocycles. The van der Waals surface area contributed by atoms with E-state index in [1.165, 1.54) is 0 Å². The molecule has 1 N–H and O–H groups in total. The van der Waals surface area contributed by atoms with Gasteiger partial charge in [-0.1, -0.05) is 6.58 Å². The Balaban J connectivity index is 1.96. The van der Waals surface area contributed by atoms with E-state index in [-0.39, 0.29) is 23.6 Å². The molecule has 1 aromatic carbocycles. The molecule has 0 spiro atoms. The average Bonchev–Trinajstić information content (AvgIpc) is 2.49. The third-order valence-electron chi connectivity index (χ3n) is 3.87. The Kier molecular flexibility index (Phi) is 5.03. The van der Waals surface area contributed by atoms with Crippen LogP contribution in [0.4, 0.5) is 8.78 Å². The second-order valence-corrected chi connectivity index (χ2v) is 5.45. The van der Waals surface area contributed by atoms with E-state index >= 15 is 0 Å². The lowest BCUT2D eigenvalue weighted by atomic mass is 9.88. The van der Waals surface area contributed by atoms with Gasteiger partial charge in [0.2, 0.25) is 0 Å². The van der Waals surface area contributed by atoms with Crippen molar-refractivity contribution in [1.82, 2.24) is 4.90 Å². The van der Waals surface area contributed by atoms with Crippen molar-refractivity contribution in [2.45, 2.75) is 12.8 Å². The van der Waals surface area contributed by atoms with Crippen molar-refractivity contribution in [3.63, 3.8) is 0 Å². The Hall–Kier alpha value is -2.08. The minimum atomic E-state index is -1.04. The number of aliphatic carboxylic acids is 1. The number of hydrogen-bond acceptors (Lipinski definition) is 3. The van der Waals surface area contributed by atoms with Gasteiger partial charge >= 0.3 is 5.97 Å². The maximum absolute atomic E-state index is 13.6. The van der Waals surface area contributed by atoms with Gasteiger partial charge in [0.05, 0.1) is 5.56 Å². The van der Waals surface area contributed by atoms with Crippen molar-refractivity contribution in [3.8, 4) is 0 Å². The number of hydrogen-bond donors (Lipinski definition) is 1. The molecule has 1 aliphatic heterocycles. The lowest BCUT2D eigenvalue weighted by Crippen LogP contribution is -2.38. The molecule has 0 aliphatic carbocycles. The lowest BCUT2D eigenvalue weighted by Gasteiger charge is -2.31. The summed E-state index contributed by atoms with van der Waals surface area (Å²) in [4.78, 5) is 24.9. The molecule has 0 atom stereocenters. The van der Waals surface area contributed by atoms with E-state index in [1.54, 1.807) is 0 Å². The predicted molar refractivity (Wildman–Crippen MR) is 76.6 cm³/mol. The van der Waals surface area contributed by atoms with Gasteiger partial charge in [-0.2, -0.15) is 0 Å². The van der Waals surface area contributed by atoms with E-state index in [4.69, 9.17) is 5.11 Å².